The average Bonchev–Trinajstić information content (AvgIpc) is 3.06. The van der Waals surface area contributed by atoms with Crippen molar-refractivity contribution in [2.75, 3.05) is 26.7 Å². The van der Waals surface area contributed by atoms with Gasteiger partial charge in [-0.2, -0.15) is 17.0 Å². The van der Waals surface area contributed by atoms with Crippen molar-refractivity contribution < 1.29 is 13.2 Å². The normalized spacial score (nSPS) is 24.5. The largest absolute Gasteiger partial charge is 0.497 e. The number of piperidine rings is 1. The van der Waals surface area contributed by atoms with Crippen LogP contribution in [0.4, 0.5) is 0 Å². The van der Waals surface area contributed by atoms with Crippen LogP contribution in [-0.4, -0.2) is 43.8 Å². The van der Waals surface area contributed by atoms with Crippen molar-refractivity contribution >= 4 is 10.2 Å². The highest BCUT2D eigenvalue weighted by atomic mass is 32.2. The van der Waals surface area contributed by atoms with Gasteiger partial charge in [-0.25, -0.2) is 0 Å². The van der Waals surface area contributed by atoms with E-state index in [9.17, 15) is 8.42 Å². The van der Waals surface area contributed by atoms with Crippen LogP contribution in [0, 0.1) is 0 Å². The molecule has 1 unspecified atom stereocenters. The molecular weight excluding hydrogens is 300 g/mol. The zero-order chi connectivity index (χ0) is 15.6. The quantitative estimate of drug-likeness (QED) is 0.855. The Morgan fingerprint density at radius 3 is 2.59 bits per heavy atom. The molecule has 2 heterocycles. The number of methoxy groups -OCH3 is 1. The van der Waals surface area contributed by atoms with Crippen LogP contribution >= 0.6 is 0 Å². The average molecular weight is 324 g/mol. The number of hydrogen-bond donors (Lipinski definition) is 0. The van der Waals surface area contributed by atoms with Gasteiger partial charge in [0.1, 0.15) is 5.75 Å². The Balaban J connectivity index is 1.85. The van der Waals surface area contributed by atoms with Gasteiger partial charge >= 0.3 is 0 Å². The van der Waals surface area contributed by atoms with E-state index in [0.29, 0.717) is 19.6 Å². The van der Waals surface area contributed by atoms with E-state index in [2.05, 4.69) is 0 Å². The number of nitrogens with zero attached hydrogens (tertiary/aromatic N) is 2. The Kier molecular flexibility index (Phi) is 4.70. The molecule has 6 heteroatoms. The zero-order valence-corrected chi connectivity index (χ0v) is 13.9. The van der Waals surface area contributed by atoms with Gasteiger partial charge in [0.05, 0.1) is 13.2 Å². The summed E-state index contributed by atoms with van der Waals surface area (Å²) in [7, 11) is -1.72. The summed E-state index contributed by atoms with van der Waals surface area (Å²) in [4.78, 5) is 0. The van der Waals surface area contributed by atoms with Crippen molar-refractivity contribution in [2.45, 2.75) is 38.1 Å². The van der Waals surface area contributed by atoms with Gasteiger partial charge in [0, 0.05) is 19.6 Å². The van der Waals surface area contributed by atoms with E-state index in [1.807, 2.05) is 24.3 Å². The third-order valence-electron chi connectivity index (χ3n) is 4.62. The summed E-state index contributed by atoms with van der Waals surface area (Å²) in [6.07, 6.45) is 4.86. The lowest BCUT2D eigenvalue weighted by atomic mass is 10.1. The lowest BCUT2D eigenvalue weighted by molar-refractivity contribution is 0.296. The second kappa shape index (κ2) is 6.56. The first-order valence-electron chi connectivity index (χ1n) is 8.04. The molecule has 1 aromatic carbocycles. The summed E-state index contributed by atoms with van der Waals surface area (Å²) in [6.45, 7) is 1.92. The molecule has 0 aromatic heterocycles. The Bertz CT molecular complexity index is 612. The molecule has 0 saturated carbocycles. The molecule has 0 amide bonds. The fourth-order valence-corrected chi connectivity index (χ4v) is 5.37. The first-order chi connectivity index (χ1) is 10.6. The highest BCUT2D eigenvalue weighted by molar-refractivity contribution is 7.86. The maximum atomic E-state index is 12.9. The van der Waals surface area contributed by atoms with Crippen LogP contribution in [0.15, 0.2) is 24.3 Å². The van der Waals surface area contributed by atoms with E-state index in [1.165, 1.54) is 0 Å². The molecule has 0 radical (unpaired) electrons. The predicted molar refractivity (Wildman–Crippen MR) is 86.0 cm³/mol. The topological polar surface area (TPSA) is 49.9 Å². The van der Waals surface area contributed by atoms with Crippen molar-refractivity contribution in [3.05, 3.63) is 29.8 Å². The lowest BCUT2D eigenvalue weighted by Crippen LogP contribution is -2.45. The molecule has 0 spiro atoms. The summed E-state index contributed by atoms with van der Waals surface area (Å²) >= 11 is 0. The lowest BCUT2D eigenvalue weighted by Gasteiger charge is -2.33. The van der Waals surface area contributed by atoms with Crippen molar-refractivity contribution in [2.24, 2.45) is 0 Å². The fourth-order valence-electron chi connectivity index (χ4n) is 3.44. The monoisotopic (exact) mass is 324 g/mol. The van der Waals surface area contributed by atoms with E-state index in [-0.39, 0.29) is 6.04 Å². The minimum absolute atomic E-state index is 0.0676. The maximum absolute atomic E-state index is 12.9. The van der Waals surface area contributed by atoms with Crippen molar-refractivity contribution in [1.82, 2.24) is 8.61 Å². The zero-order valence-electron chi connectivity index (χ0n) is 13.1. The van der Waals surface area contributed by atoms with Crippen LogP contribution in [0.5, 0.6) is 5.75 Å². The van der Waals surface area contributed by atoms with Gasteiger partial charge in [-0.1, -0.05) is 18.6 Å². The summed E-state index contributed by atoms with van der Waals surface area (Å²) in [5.74, 6) is 0.778. The molecule has 1 atom stereocenters. The maximum Gasteiger partial charge on any atom is 0.282 e. The smallest absolute Gasteiger partial charge is 0.282 e. The van der Waals surface area contributed by atoms with Gasteiger partial charge in [0.25, 0.3) is 10.2 Å². The van der Waals surface area contributed by atoms with Gasteiger partial charge in [-0.3, -0.25) is 0 Å². The van der Waals surface area contributed by atoms with Crippen molar-refractivity contribution in [1.29, 1.82) is 0 Å². The first kappa shape index (κ1) is 15.8. The van der Waals surface area contributed by atoms with Gasteiger partial charge in [0.15, 0.2) is 0 Å². The molecule has 3 rings (SSSR count). The standard InChI is InChI=1S/C16H24N2O3S/c1-21-15-8-5-7-14(13-15)16-9-6-12-18(16)22(19,20)17-10-3-2-4-11-17/h5,7-8,13,16H,2-4,6,9-12H2,1H3. The molecular formula is C16H24N2O3S. The molecule has 1 aromatic rings. The number of hydrogen-bond acceptors (Lipinski definition) is 3. The SMILES string of the molecule is COc1cccc(C2CCCN2S(=O)(=O)N2CCCCC2)c1. The van der Waals surface area contributed by atoms with Crippen LogP contribution in [0.2, 0.25) is 0 Å². The minimum Gasteiger partial charge on any atom is -0.497 e. The Morgan fingerprint density at radius 1 is 1.09 bits per heavy atom. The highest BCUT2D eigenvalue weighted by Crippen LogP contribution is 2.36. The molecule has 5 nitrogen and oxygen atoms in total. The van der Waals surface area contributed by atoms with Gasteiger partial charge < -0.3 is 4.74 Å². The van der Waals surface area contributed by atoms with Gasteiger partial charge in [-0.05, 0) is 43.4 Å². The van der Waals surface area contributed by atoms with Crippen LogP contribution < -0.4 is 4.74 Å². The highest BCUT2D eigenvalue weighted by Gasteiger charge is 2.39. The summed E-state index contributed by atoms with van der Waals surface area (Å²) in [5.41, 5.74) is 1.03. The molecule has 2 aliphatic rings. The molecule has 22 heavy (non-hydrogen) atoms. The van der Waals surface area contributed by atoms with Crippen LogP contribution in [0.1, 0.15) is 43.7 Å². The van der Waals surface area contributed by atoms with Crippen molar-refractivity contribution in [3.63, 3.8) is 0 Å². The molecule has 0 bridgehead atoms. The number of rotatable bonds is 4. The van der Waals surface area contributed by atoms with E-state index >= 15 is 0 Å². The fraction of sp³-hybridized carbons (Fsp3) is 0.625. The molecule has 2 aliphatic heterocycles. The second-order valence-corrected chi connectivity index (χ2v) is 7.89. The molecule has 0 N–H and O–H groups in total. The number of ether oxygens (including phenoxy) is 1. The third-order valence-corrected chi connectivity index (χ3v) is 6.67. The van der Waals surface area contributed by atoms with E-state index in [4.69, 9.17) is 4.74 Å². The van der Waals surface area contributed by atoms with E-state index in [0.717, 1.165) is 43.4 Å². The third kappa shape index (κ3) is 3.00. The minimum atomic E-state index is -3.35. The molecule has 2 fully saturated rings. The summed E-state index contributed by atoms with van der Waals surface area (Å²) in [6, 6.07) is 7.70. The molecule has 0 aliphatic carbocycles. The van der Waals surface area contributed by atoms with Gasteiger partial charge in [0.2, 0.25) is 0 Å². The Labute approximate surface area is 133 Å². The summed E-state index contributed by atoms with van der Waals surface area (Å²) in [5, 5.41) is 0. The van der Waals surface area contributed by atoms with Crippen LogP contribution in [0.25, 0.3) is 0 Å². The Hall–Kier alpha value is -1.11. The van der Waals surface area contributed by atoms with Crippen molar-refractivity contribution in [3.8, 4) is 5.75 Å². The van der Waals surface area contributed by atoms with Crippen LogP contribution in [-0.2, 0) is 10.2 Å². The van der Waals surface area contributed by atoms with E-state index in [1.54, 1.807) is 15.7 Å². The first-order valence-corrected chi connectivity index (χ1v) is 9.43. The van der Waals surface area contributed by atoms with Crippen LogP contribution in [0.3, 0.4) is 0 Å². The second-order valence-electron chi connectivity index (χ2n) is 6.01. The van der Waals surface area contributed by atoms with Gasteiger partial charge in [-0.15, -0.1) is 0 Å². The molecule has 122 valence electrons. The Morgan fingerprint density at radius 2 is 1.86 bits per heavy atom. The molecule has 2 saturated heterocycles. The number of benzene rings is 1. The summed E-state index contributed by atoms with van der Waals surface area (Å²) < 4.78 is 34.5. The van der Waals surface area contributed by atoms with E-state index < -0.39 is 10.2 Å². The predicted octanol–water partition coefficient (Wildman–Crippen LogP) is 2.56.